The van der Waals surface area contributed by atoms with Gasteiger partial charge in [0, 0.05) is 70.1 Å². The van der Waals surface area contributed by atoms with E-state index in [1.54, 1.807) is 47.0 Å². The van der Waals surface area contributed by atoms with Crippen LogP contribution in [0.5, 0.6) is 11.5 Å². The van der Waals surface area contributed by atoms with Gasteiger partial charge in [-0.15, -0.1) is 0 Å². The van der Waals surface area contributed by atoms with E-state index in [1.807, 2.05) is 32.0 Å². The zero-order chi connectivity index (χ0) is 34.5. The van der Waals surface area contributed by atoms with Gasteiger partial charge < -0.3 is 20.1 Å². The van der Waals surface area contributed by atoms with Gasteiger partial charge in [-0.3, -0.25) is 14.6 Å². The fraction of sp³-hybridized carbons (Fsp3) is 0.417. The lowest BCUT2D eigenvalue weighted by molar-refractivity contribution is -0.128. The maximum Gasteiger partial charge on any atom is 0.264 e. The van der Waals surface area contributed by atoms with Gasteiger partial charge in [0.1, 0.15) is 46.8 Å². The summed E-state index contributed by atoms with van der Waals surface area (Å²) in [6, 6.07) is 15.6. The van der Waals surface area contributed by atoms with Gasteiger partial charge in [0.25, 0.3) is 5.91 Å². The molecule has 0 saturated carbocycles. The summed E-state index contributed by atoms with van der Waals surface area (Å²) in [7, 11) is 1.71. The van der Waals surface area contributed by atoms with Crippen molar-refractivity contribution in [2.75, 3.05) is 65.3 Å². The summed E-state index contributed by atoms with van der Waals surface area (Å²) in [4.78, 5) is 28.9. The van der Waals surface area contributed by atoms with E-state index in [1.165, 1.54) is 12.4 Å². The van der Waals surface area contributed by atoms with Gasteiger partial charge in [-0.05, 0) is 57.0 Å². The highest BCUT2D eigenvalue weighted by Crippen LogP contribution is 2.36. The van der Waals surface area contributed by atoms with Crippen molar-refractivity contribution in [3.05, 3.63) is 72.3 Å². The number of carbonyl (C=O) groups excluding carboxylic acids is 1. The van der Waals surface area contributed by atoms with E-state index in [-0.39, 0.29) is 28.9 Å². The molecule has 2 N–H and O–H groups in total. The molecule has 0 bridgehead atoms. The Balaban J connectivity index is 1.22. The standard InChI is InChI=1S/C36H42FN9O3/c1-36(2,45-16-14-43(15-17-45)18-19-48-3)21-25(22-38)35(47)44-13-7-8-26(23-44)46-34-31(33(39)40-24-41-34)32(42-46)29-12-11-28(20-30(29)37)49-27-9-5-4-6-10-27/h4-6,9-12,20-21,24,26H,7-8,13-19,23H2,1-3H3,(H2,39,40,41)/b25-21+/t26-/m1/s1. The third-order valence-electron chi connectivity index (χ3n) is 9.37. The number of nitriles is 1. The Morgan fingerprint density at radius 1 is 1.10 bits per heavy atom. The molecule has 2 aliphatic rings. The van der Waals surface area contributed by atoms with Gasteiger partial charge in [-0.2, -0.15) is 10.4 Å². The van der Waals surface area contributed by atoms with Crippen molar-refractivity contribution in [1.29, 1.82) is 5.26 Å². The first-order chi connectivity index (χ1) is 23.7. The van der Waals surface area contributed by atoms with Crippen molar-refractivity contribution in [2.24, 2.45) is 0 Å². The van der Waals surface area contributed by atoms with E-state index < -0.39 is 11.4 Å². The van der Waals surface area contributed by atoms with E-state index in [2.05, 4.69) is 25.8 Å². The molecule has 13 heteroatoms. The number of para-hydroxylation sites is 1. The largest absolute Gasteiger partial charge is 0.457 e. The number of piperidine rings is 1. The fourth-order valence-electron chi connectivity index (χ4n) is 6.68. The summed E-state index contributed by atoms with van der Waals surface area (Å²) in [5.41, 5.74) is 6.94. The summed E-state index contributed by atoms with van der Waals surface area (Å²) in [5, 5.41) is 15.4. The van der Waals surface area contributed by atoms with Crippen molar-refractivity contribution in [3.63, 3.8) is 0 Å². The van der Waals surface area contributed by atoms with Crippen LogP contribution < -0.4 is 10.5 Å². The molecule has 49 heavy (non-hydrogen) atoms. The number of likely N-dealkylation sites (tertiary alicyclic amines) is 1. The fourth-order valence-corrected chi connectivity index (χ4v) is 6.68. The van der Waals surface area contributed by atoms with Crippen LogP contribution in [0.15, 0.2) is 66.5 Å². The van der Waals surface area contributed by atoms with Gasteiger partial charge in [-0.1, -0.05) is 18.2 Å². The molecule has 0 aliphatic carbocycles. The summed E-state index contributed by atoms with van der Waals surface area (Å²) in [6.45, 7) is 9.93. The molecule has 12 nitrogen and oxygen atoms in total. The number of nitrogens with two attached hydrogens (primary N) is 1. The van der Waals surface area contributed by atoms with Crippen LogP contribution in [0.25, 0.3) is 22.3 Å². The molecule has 2 aliphatic heterocycles. The lowest BCUT2D eigenvalue weighted by atomic mass is 9.96. The van der Waals surface area contributed by atoms with Gasteiger partial charge in [0.2, 0.25) is 0 Å². The number of nitrogen functional groups attached to an aromatic ring is 1. The topological polar surface area (TPSA) is 139 Å². The molecule has 6 rings (SSSR count). The van der Waals surface area contributed by atoms with Gasteiger partial charge in [0.05, 0.1) is 18.0 Å². The first-order valence-electron chi connectivity index (χ1n) is 16.6. The summed E-state index contributed by atoms with van der Waals surface area (Å²) < 4.78 is 28.4. The van der Waals surface area contributed by atoms with Crippen LogP contribution in [0.1, 0.15) is 32.7 Å². The predicted molar refractivity (Wildman–Crippen MR) is 184 cm³/mol. The molecule has 2 saturated heterocycles. The molecule has 0 unspecified atom stereocenters. The number of aromatic nitrogens is 4. The van der Waals surface area contributed by atoms with Gasteiger partial charge in [-0.25, -0.2) is 19.0 Å². The zero-order valence-corrected chi connectivity index (χ0v) is 28.2. The van der Waals surface area contributed by atoms with Crippen molar-refractivity contribution >= 4 is 22.8 Å². The SMILES string of the molecule is COCCN1CCN(C(C)(C)/C=C(\C#N)C(=O)N2CCC[C@@H](n3nc(-c4ccc(Oc5ccccc5)cc4F)c4c(N)ncnc43)C2)CC1. The molecule has 0 spiro atoms. The van der Waals surface area contributed by atoms with E-state index in [0.29, 0.717) is 60.8 Å². The Bertz CT molecular complexity index is 1860. The Labute approximate surface area is 285 Å². The second kappa shape index (κ2) is 14.7. The first-order valence-corrected chi connectivity index (χ1v) is 16.6. The molecule has 2 aromatic carbocycles. The number of nitrogens with zero attached hydrogens (tertiary/aromatic N) is 8. The number of hydrogen-bond acceptors (Lipinski definition) is 10. The quantitative estimate of drug-likeness (QED) is 0.188. The number of anilines is 1. The van der Waals surface area contributed by atoms with E-state index >= 15 is 4.39 Å². The average molecular weight is 668 g/mol. The van der Waals surface area contributed by atoms with Crippen LogP contribution >= 0.6 is 0 Å². The summed E-state index contributed by atoms with van der Waals surface area (Å²) in [6.07, 6.45) is 4.56. The Hall–Kier alpha value is -4.90. The first kappa shape index (κ1) is 34.0. The molecule has 2 fully saturated rings. The maximum atomic E-state index is 15.7. The summed E-state index contributed by atoms with van der Waals surface area (Å²) >= 11 is 0. The smallest absolute Gasteiger partial charge is 0.264 e. The molecule has 4 aromatic rings. The Morgan fingerprint density at radius 2 is 1.88 bits per heavy atom. The van der Waals surface area contributed by atoms with Crippen LogP contribution in [0, 0.1) is 17.1 Å². The zero-order valence-electron chi connectivity index (χ0n) is 28.2. The molecular weight excluding hydrogens is 625 g/mol. The minimum Gasteiger partial charge on any atom is -0.457 e. The molecule has 1 amide bonds. The molecule has 256 valence electrons. The highest BCUT2D eigenvalue weighted by atomic mass is 19.1. The average Bonchev–Trinajstić information content (AvgIpc) is 3.51. The molecular formula is C36H42FN9O3. The third kappa shape index (κ3) is 7.41. The number of methoxy groups -OCH3 is 1. The van der Waals surface area contributed by atoms with Crippen molar-refractivity contribution in [2.45, 2.75) is 38.3 Å². The molecule has 1 atom stereocenters. The molecule has 2 aromatic heterocycles. The lowest BCUT2D eigenvalue weighted by Crippen LogP contribution is -2.54. The van der Waals surface area contributed by atoms with Crippen LogP contribution in [0.3, 0.4) is 0 Å². The van der Waals surface area contributed by atoms with E-state index in [0.717, 1.165) is 32.7 Å². The number of fused-ring (bicyclic) bond motifs is 1. The highest BCUT2D eigenvalue weighted by Gasteiger charge is 2.33. The number of ether oxygens (including phenoxy) is 2. The second-order valence-corrected chi connectivity index (χ2v) is 13.0. The Kier molecular flexibility index (Phi) is 10.2. The Morgan fingerprint density at radius 3 is 2.59 bits per heavy atom. The number of hydrogen-bond donors (Lipinski definition) is 1. The normalized spacial score (nSPS) is 18.1. The highest BCUT2D eigenvalue weighted by molar-refractivity contribution is 5.99. The van der Waals surface area contributed by atoms with Gasteiger partial charge in [0.15, 0.2) is 5.65 Å². The predicted octanol–water partition coefficient (Wildman–Crippen LogP) is 4.66. The lowest BCUT2D eigenvalue weighted by Gasteiger charge is -2.43. The van der Waals surface area contributed by atoms with Crippen LogP contribution in [0.2, 0.25) is 0 Å². The summed E-state index contributed by atoms with van der Waals surface area (Å²) in [5.74, 6) is 0.260. The molecule has 0 radical (unpaired) electrons. The number of benzene rings is 2. The van der Waals surface area contributed by atoms with Crippen molar-refractivity contribution in [3.8, 4) is 28.8 Å². The monoisotopic (exact) mass is 667 g/mol. The van der Waals surface area contributed by atoms with Gasteiger partial charge >= 0.3 is 0 Å². The van der Waals surface area contributed by atoms with Crippen LogP contribution in [-0.4, -0.2) is 105 Å². The number of halogens is 1. The number of amides is 1. The van der Waals surface area contributed by atoms with E-state index in [4.69, 9.17) is 20.3 Å². The van der Waals surface area contributed by atoms with Crippen molar-refractivity contribution < 1.29 is 18.7 Å². The minimum atomic E-state index is -0.536. The van der Waals surface area contributed by atoms with Crippen molar-refractivity contribution in [1.82, 2.24) is 34.4 Å². The van der Waals surface area contributed by atoms with E-state index in [9.17, 15) is 10.1 Å². The van der Waals surface area contributed by atoms with Crippen LogP contribution in [-0.2, 0) is 9.53 Å². The minimum absolute atomic E-state index is 0.116. The number of piperazine rings is 1. The molecule has 4 heterocycles. The number of rotatable bonds is 10. The number of carbonyl (C=O) groups is 1. The second-order valence-electron chi connectivity index (χ2n) is 13.0. The van der Waals surface area contributed by atoms with Crippen LogP contribution in [0.4, 0.5) is 10.2 Å². The maximum absolute atomic E-state index is 15.7. The third-order valence-corrected chi connectivity index (χ3v) is 9.37.